The molecule has 0 radical (unpaired) electrons. The van der Waals surface area contributed by atoms with E-state index in [0.717, 1.165) is 23.5 Å². The molecule has 0 unspecified atom stereocenters. The molecular weight excluding hydrogens is 202 g/mol. The Morgan fingerprint density at radius 1 is 1.44 bits per heavy atom. The Labute approximate surface area is 96.0 Å². The molecule has 86 valence electrons. The molecule has 2 rings (SSSR count). The third kappa shape index (κ3) is 1.77. The van der Waals surface area contributed by atoms with Crippen LogP contribution in [0.3, 0.4) is 0 Å². The van der Waals surface area contributed by atoms with E-state index in [1.165, 1.54) is 0 Å². The van der Waals surface area contributed by atoms with Crippen molar-refractivity contribution in [2.45, 2.75) is 20.3 Å². The highest BCUT2D eigenvalue weighted by molar-refractivity contribution is 6.02. The summed E-state index contributed by atoms with van der Waals surface area (Å²) in [6, 6.07) is 5.83. The predicted octanol–water partition coefficient (Wildman–Crippen LogP) is 2.24. The Bertz CT molecular complexity index is 412. The highest BCUT2D eigenvalue weighted by Gasteiger charge is 2.29. The van der Waals surface area contributed by atoms with Gasteiger partial charge < -0.3 is 9.64 Å². The van der Waals surface area contributed by atoms with Gasteiger partial charge in [-0.2, -0.15) is 0 Å². The molecule has 0 fully saturated rings. The molecule has 0 bridgehead atoms. The van der Waals surface area contributed by atoms with Crippen molar-refractivity contribution in [3.05, 3.63) is 23.8 Å². The number of rotatable bonds is 3. The number of carbonyl (C=O) groups excluding carboxylic acids is 1. The summed E-state index contributed by atoms with van der Waals surface area (Å²) in [6.45, 7) is 5.01. The zero-order valence-electron chi connectivity index (χ0n) is 9.99. The molecule has 1 amide bonds. The van der Waals surface area contributed by atoms with Gasteiger partial charge in [0.1, 0.15) is 5.75 Å². The Kier molecular flexibility index (Phi) is 2.86. The Balaban J connectivity index is 2.38. The first-order valence-corrected chi connectivity index (χ1v) is 5.59. The molecule has 0 atom stereocenters. The lowest BCUT2D eigenvalue weighted by atomic mass is 10.1. The van der Waals surface area contributed by atoms with Crippen LogP contribution in [0.25, 0.3) is 0 Å². The van der Waals surface area contributed by atoms with Crippen molar-refractivity contribution in [3.8, 4) is 5.75 Å². The molecule has 0 saturated heterocycles. The first-order chi connectivity index (χ1) is 7.63. The molecule has 3 nitrogen and oxygen atoms in total. The molecule has 1 aliphatic heterocycles. The minimum atomic E-state index is 0.174. The highest BCUT2D eigenvalue weighted by atomic mass is 16.5. The van der Waals surface area contributed by atoms with E-state index >= 15 is 0 Å². The molecule has 1 heterocycles. The number of ether oxygens (including phenoxy) is 1. The summed E-state index contributed by atoms with van der Waals surface area (Å²) in [5, 5.41) is 0. The number of amides is 1. The minimum absolute atomic E-state index is 0.174. The fourth-order valence-corrected chi connectivity index (χ4v) is 2.12. The molecule has 0 saturated carbocycles. The quantitative estimate of drug-likeness (QED) is 0.780. The van der Waals surface area contributed by atoms with Crippen LogP contribution in [0.15, 0.2) is 18.2 Å². The van der Waals surface area contributed by atoms with E-state index in [0.29, 0.717) is 12.3 Å². The average molecular weight is 219 g/mol. The fourth-order valence-electron chi connectivity index (χ4n) is 2.12. The second-order valence-electron chi connectivity index (χ2n) is 4.53. The molecule has 0 N–H and O–H groups in total. The first-order valence-electron chi connectivity index (χ1n) is 5.59. The standard InChI is InChI=1S/C13H17NO2/c1-9(2)8-14-11-5-4-6-12(16-3)10(11)7-13(14)15/h4-6,9H,7-8H2,1-3H3. The fraction of sp³-hybridized carbons (Fsp3) is 0.462. The lowest BCUT2D eigenvalue weighted by Gasteiger charge is -2.19. The van der Waals surface area contributed by atoms with Gasteiger partial charge in [-0.3, -0.25) is 4.79 Å². The summed E-state index contributed by atoms with van der Waals surface area (Å²) in [6.07, 6.45) is 0.464. The van der Waals surface area contributed by atoms with E-state index in [-0.39, 0.29) is 5.91 Å². The van der Waals surface area contributed by atoms with Gasteiger partial charge in [0, 0.05) is 12.1 Å². The normalized spacial score (nSPS) is 14.5. The molecular formula is C13H17NO2. The maximum atomic E-state index is 11.9. The van der Waals surface area contributed by atoms with E-state index < -0.39 is 0 Å². The molecule has 3 heteroatoms. The molecule has 1 aromatic carbocycles. The lowest BCUT2D eigenvalue weighted by Crippen LogP contribution is -2.30. The molecule has 16 heavy (non-hydrogen) atoms. The van der Waals surface area contributed by atoms with Crippen molar-refractivity contribution < 1.29 is 9.53 Å². The zero-order valence-corrected chi connectivity index (χ0v) is 9.99. The van der Waals surface area contributed by atoms with E-state index in [1.54, 1.807) is 7.11 Å². The highest BCUT2D eigenvalue weighted by Crippen LogP contribution is 2.35. The van der Waals surface area contributed by atoms with Gasteiger partial charge in [0.05, 0.1) is 19.2 Å². The van der Waals surface area contributed by atoms with Crippen LogP contribution in [0.5, 0.6) is 5.75 Å². The number of anilines is 1. The van der Waals surface area contributed by atoms with Crippen molar-refractivity contribution in [1.29, 1.82) is 0 Å². The van der Waals surface area contributed by atoms with Gasteiger partial charge in [0.2, 0.25) is 5.91 Å². The van der Waals surface area contributed by atoms with Crippen molar-refractivity contribution in [3.63, 3.8) is 0 Å². The van der Waals surface area contributed by atoms with Crippen molar-refractivity contribution >= 4 is 11.6 Å². The summed E-state index contributed by atoms with van der Waals surface area (Å²) in [5.74, 6) is 1.46. The van der Waals surface area contributed by atoms with E-state index in [9.17, 15) is 4.79 Å². The molecule has 0 aromatic heterocycles. The minimum Gasteiger partial charge on any atom is -0.496 e. The van der Waals surface area contributed by atoms with Crippen LogP contribution < -0.4 is 9.64 Å². The topological polar surface area (TPSA) is 29.5 Å². The zero-order chi connectivity index (χ0) is 11.7. The van der Waals surface area contributed by atoms with Gasteiger partial charge in [0.25, 0.3) is 0 Å². The van der Waals surface area contributed by atoms with Crippen LogP contribution in [0, 0.1) is 5.92 Å². The lowest BCUT2D eigenvalue weighted by molar-refractivity contribution is -0.117. The van der Waals surface area contributed by atoms with Gasteiger partial charge in [-0.25, -0.2) is 0 Å². The van der Waals surface area contributed by atoms with Crippen LogP contribution >= 0.6 is 0 Å². The Morgan fingerprint density at radius 3 is 2.81 bits per heavy atom. The second-order valence-corrected chi connectivity index (χ2v) is 4.53. The molecule has 1 aromatic rings. The molecule has 0 aliphatic carbocycles. The van der Waals surface area contributed by atoms with Crippen molar-refractivity contribution in [1.82, 2.24) is 0 Å². The average Bonchev–Trinajstić information content (AvgIpc) is 2.55. The number of carbonyl (C=O) groups is 1. The van der Waals surface area contributed by atoms with E-state index in [4.69, 9.17) is 4.74 Å². The third-order valence-electron chi connectivity index (χ3n) is 2.80. The number of hydrogen-bond acceptors (Lipinski definition) is 2. The number of nitrogens with zero attached hydrogens (tertiary/aromatic N) is 1. The number of hydrogen-bond donors (Lipinski definition) is 0. The van der Waals surface area contributed by atoms with Crippen LogP contribution in [0.1, 0.15) is 19.4 Å². The van der Waals surface area contributed by atoms with E-state index in [2.05, 4.69) is 13.8 Å². The van der Waals surface area contributed by atoms with Crippen LogP contribution in [-0.2, 0) is 11.2 Å². The SMILES string of the molecule is COc1cccc2c1CC(=O)N2CC(C)C. The Morgan fingerprint density at radius 2 is 2.19 bits per heavy atom. The third-order valence-corrected chi connectivity index (χ3v) is 2.80. The maximum absolute atomic E-state index is 11.9. The predicted molar refractivity (Wildman–Crippen MR) is 63.9 cm³/mol. The van der Waals surface area contributed by atoms with Crippen LogP contribution in [0.2, 0.25) is 0 Å². The largest absolute Gasteiger partial charge is 0.496 e. The summed E-state index contributed by atoms with van der Waals surface area (Å²) >= 11 is 0. The molecule has 1 aliphatic rings. The van der Waals surface area contributed by atoms with Gasteiger partial charge in [-0.15, -0.1) is 0 Å². The smallest absolute Gasteiger partial charge is 0.231 e. The van der Waals surface area contributed by atoms with Gasteiger partial charge >= 0.3 is 0 Å². The summed E-state index contributed by atoms with van der Waals surface area (Å²) < 4.78 is 5.28. The van der Waals surface area contributed by atoms with Crippen molar-refractivity contribution in [2.75, 3.05) is 18.6 Å². The van der Waals surface area contributed by atoms with Crippen LogP contribution in [-0.4, -0.2) is 19.6 Å². The summed E-state index contributed by atoms with van der Waals surface area (Å²) in [5.41, 5.74) is 2.04. The number of fused-ring (bicyclic) bond motifs is 1. The summed E-state index contributed by atoms with van der Waals surface area (Å²) in [7, 11) is 1.64. The van der Waals surface area contributed by atoms with Gasteiger partial charge in [0.15, 0.2) is 0 Å². The number of benzene rings is 1. The maximum Gasteiger partial charge on any atom is 0.231 e. The van der Waals surface area contributed by atoms with E-state index in [1.807, 2.05) is 23.1 Å². The second kappa shape index (κ2) is 4.16. The molecule has 0 spiro atoms. The number of methoxy groups -OCH3 is 1. The first kappa shape index (κ1) is 11.0. The van der Waals surface area contributed by atoms with Gasteiger partial charge in [-0.1, -0.05) is 19.9 Å². The Hall–Kier alpha value is -1.51. The van der Waals surface area contributed by atoms with Crippen LogP contribution in [0.4, 0.5) is 5.69 Å². The van der Waals surface area contributed by atoms with Crippen molar-refractivity contribution in [2.24, 2.45) is 5.92 Å². The summed E-state index contributed by atoms with van der Waals surface area (Å²) in [4.78, 5) is 13.8. The van der Waals surface area contributed by atoms with Gasteiger partial charge in [-0.05, 0) is 18.1 Å². The monoisotopic (exact) mass is 219 g/mol.